The number of nitrogens with zero attached hydrogens (tertiary/aromatic N) is 3. The maximum Gasteiger partial charge on any atom is 0.135 e. The molecule has 4 nitrogen and oxygen atoms in total. The molecule has 0 saturated carbocycles. The number of benzene rings is 1. The molecule has 2 rings (SSSR count). The fourth-order valence-electron chi connectivity index (χ4n) is 1.59. The van der Waals surface area contributed by atoms with E-state index in [9.17, 15) is 0 Å². The fourth-order valence-corrected chi connectivity index (χ4v) is 1.59. The SMILES string of the molecule is CN(C)CCc1nc(N)c2ccccc2n1.Cl. The highest BCUT2D eigenvalue weighted by molar-refractivity contribution is 5.87. The summed E-state index contributed by atoms with van der Waals surface area (Å²) in [4.78, 5) is 10.9. The van der Waals surface area contributed by atoms with Gasteiger partial charge in [-0.1, -0.05) is 12.1 Å². The topological polar surface area (TPSA) is 55.0 Å². The van der Waals surface area contributed by atoms with E-state index < -0.39 is 0 Å². The lowest BCUT2D eigenvalue weighted by Gasteiger charge is -2.09. The van der Waals surface area contributed by atoms with Gasteiger partial charge in [-0.15, -0.1) is 12.4 Å². The molecule has 0 fully saturated rings. The van der Waals surface area contributed by atoms with Gasteiger partial charge in [-0.25, -0.2) is 9.97 Å². The average Bonchev–Trinajstić information content (AvgIpc) is 2.26. The summed E-state index contributed by atoms with van der Waals surface area (Å²) in [6.45, 7) is 0.928. The first kappa shape index (κ1) is 13.7. The van der Waals surface area contributed by atoms with Gasteiger partial charge < -0.3 is 10.6 Å². The quantitative estimate of drug-likeness (QED) is 0.904. The Labute approximate surface area is 107 Å². The van der Waals surface area contributed by atoms with Crippen LogP contribution in [0.3, 0.4) is 0 Å². The summed E-state index contributed by atoms with van der Waals surface area (Å²) in [5.74, 6) is 1.38. The zero-order valence-corrected chi connectivity index (χ0v) is 10.9. The van der Waals surface area contributed by atoms with Gasteiger partial charge in [-0.2, -0.15) is 0 Å². The van der Waals surface area contributed by atoms with E-state index >= 15 is 0 Å². The molecular weight excluding hydrogens is 236 g/mol. The number of likely N-dealkylation sites (N-methyl/N-ethyl adjacent to an activating group) is 1. The third kappa shape index (κ3) is 3.28. The molecule has 92 valence electrons. The first-order valence-electron chi connectivity index (χ1n) is 5.32. The maximum absolute atomic E-state index is 5.90. The van der Waals surface area contributed by atoms with Crippen molar-refractivity contribution < 1.29 is 0 Å². The normalized spacial score (nSPS) is 10.5. The Morgan fingerprint density at radius 2 is 1.88 bits per heavy atom. The molecule has 0 aliphatic carbocycles. The van der Waals surface area contributed by atoms with Gasteiger partial charge in [0.2, 0.25) is 0 Å². The number of rotatable bonds is 3. The Bertz CT molecular complexity index is 499. The summed E-state index contributed by atoms with van der Waals surface area (Å²) < 4.78 is 0. The predicted octanol–water partition coefficient (Wildman–Crippen LogP) is 1.74. The van der Waals surface area contributed by atoms with Crippen LogP contribution in [0.4, 0.5) is 5.82 Å². The molecule has 1 heterocycles. The first-order chi connectivity index (χ1) is 7.66. The third-order valence-electron chi connectivity index (χ3n) is 2.46. The van der Waals surface area contributed by atoms with Crippen LogP contribution in [0.1, 0.15) is 5.82 Å². The van der Waals surface area contributed by atoms with Gasteiger partial charge >= 0.3 is 0 Å². The van der Waals surface area contributed by atoms with Crippen molar-refractivity contribution >= 4 is 29.1 Å². The van der Waals surface area contributed by atoms with Crippen molar-refractivity contribution in [3.05, 3.63) is 30.1 Å². The number of hydrogen-bond acceptors (Lipinski definition) is 4. The Hall–Kier alpha value is -1.39. The molecule has 0 amide bonds. The largest absolute Gasteiger partial charge is 0.383 e. The standard InChI is InChI=1S/C12H16N4.ClH/c1-16(2)8-7-11-14-10-6-4-3-5-9(10)12(13)15-11;/h3-6H,7-8H2,1-2H3,(H2,13,14,15);1H. The van der Waals surface area contributed by atoms with Crippen LogP contribution in [0.5, 0.6) is 0 Å². The maximum atomic E-state index is 5.90. The molecule has 0 saturated heterocycles. The van der Waals surface area contributed by atoms with Crippen LogP contribution in [0.25, 0.3) is 10.9 Å². The van der Waals surface area contributed by atoms with E-state index in [0.29, 0.717) is 5.82 Å². The monoisotopic (exact) mass is 252 g/mol. The van der Waals surface area contributed by atoms with Crippen molar-refractivity contribution in [1.29, 1.82) is 0 Å². The third-order valence-corrected chi connectivity index (χ3v) is 2.46. The molecule has 1 aromatic heterocycles. The second-order valence-corrected chi connectivity index (χ2v) is 4.10. The van der Waals surface area contributed by atoms with Crippen LogP contribution in [0.2, 0.25) is 0 Å². The molecule has 0 unspecified atom stereocenters. The average molecular weight is 253 g/mol. The second-order valence-electron chi connectivity index (χ2n) is 4.10. The minimum absolute atomic E-state index is 0. The number of nitrogen functional groups attached to an aromatic ring is 1. The molecule has 0 aliphatic heterocycles. The Morgan fingerprint density at radius 1 is 1.18 bits per heavy atom. The van der Waals surface area contributed by atoms with Crippen molar-refractivity contribution in [2.24, 2.45) is 0 Å². The molecule has 0 atom stereocenters. The number of nitrogens with two attached hydrogens (primary N) is 1. The molecule has 0 radical (unpaired) electrons. The summed E-state index contributed by atoms with van der Waals surface area (Å²) in [5.41, 5.74) is 6.82. The van der Waals surface area contributed by atoms with Crippen molar-refractivity contribution in [2.75, 3.05) is 26.4 Å². The second kappa shape index (κ2) is 5.80. The van der Waals surface area contributed by atoms with E-state index in [4.69, 9.17) is 5.73 Å². The fraction of sp³-hybridized carbons (Fsp3) is 0.333. The highest BCUT2D eigenvalue weighted by Crippen LogP contribution is 2.16. The van der Waals surface area contributed by atoms with Gasteiger partial charge in [0.1, 0.15) is 11.6 Å². The van der Waals surface area contributed by atoms with Gasteiger partial charge in [0.05, 0.1) is 5.52 Å². The van der Waals surface area contributed by atoms with Crippen LogP contribution in [-0.2, 0) is 6.42 Å². The van der Waals surface area contributed by atoms with E-state index in [-0.39, 0.29) is 12.4 Å². The number of hydrogen-bond donors (Lipinski definition) is 1. The number of para-hydroxylation sites is 1. The minimum Gasteiger partial charge on any atom is -0.383 e. The lowest BCUT2D eigenvalue weighted by atomic mass is 10.2. The van der Waals surface area contributed by atoms with E-state index in [1.807, 2.05) is 38.4 Å². The summed E-state index contributed by atoms with van der Waals surface area (Å²) in [7, 11) is 4.06. The van der Waals surface area contributed by atoms with Crippen molar-refractivity contribution in [2.45, 2.75) is 6.42 Å². The van der Waals surface area contributed by atoms with Crippen molar-refractivity contribution in [3.8, 4) is 0 Å². The van der Waals surface area contributed by atoms with Gasteiger partial charge in [0, 0.05) is 18.4 Å². The van der Waals surface area contributed by atoms with Crippen LogP contribution >= 0.6 is 12.4 Å². The molecule has 2 N–H and O–H groups in total. The van der Waals surface area contributed by atoms with Crippen molar-refractivity contribution in [1.82, 2.24) is 14.9 Å². The molecule has 17 heavy (non-hydrogen) atoms. The van der Waals surface area contributed by atoms with E-state index in [2.05, 4.69) is 14.9 Å². The summed E-state index contributed by atoms with van der Waals surface area (Å²) in [6, 6.07) is 7.82. The highest BCUT2D eigenvalue weighted by Gasteiger charge is 2.04. The summed E-state index contributed by atoms with van der Waals surface area (Å²) in [6.07, 6.45) is 0.821. The lowest BCUT2D eigenvalue weighted by Crippen LogP contribution is -2.16. The molecular formula is C12H17ClN4. The van der Waals surface area contributed by atoms with Crippen LogP contribution in [-0.4, -0.2) is 35.5 Å². The molecule has 0 aliphatic rings. The molecule has 0 spiro atoms. The van der Waals surface area contributed by atoms with Crippen LogP contribution < -0.4 is 5.73 Å². The van der Waals surface area contributed by atoms with Gasteiger partial charge in [0.15, 0.2) is 0 Å². The lowest BCUT2D eigenvalue weighted by molar-refractivity contribution is 0.410. The van der Waals surface area contributed by atoms with E-state index in [1.54, 1.807) is 0 Å². The Kier molecular flexibility index (Phi) is 4.66. The van der Waals surface area contributed by atoms with E-state index in [1.165, 1.54) is 0 Å². The zero-order chi connectivity index (χ0) is 11.5. The summed E-state index contributed by atoms with van der Waals surface area (Å²) in [5, 5.41) is 0.927. The number of anilines is 1. The predicted molar refractivity (Wildman–Crippen MR) is 73.5 cm³/mol. The summed E-state index contributed by atoms with van der Waals surface area (Å²) >= 11 is 0. The highest BCUT2D eigenvalue weighted by atomic mass is 35.5. The van der Waals surface area contributed by atoms with Gasteiger partial charge in [-0.3, -0.25) is 0 Å². The first-order valence-corrected chi connectivity index (χ1v) is 5.32. The number of halogens is 1. The smallest absolute Gasteiger partial charge is 0.135 e. The molecule has 1 aromatic carbocycles. The minimum atomic E-state index is 0. The molecule has 0 bridgehead atoms. The molecule has 5 heteroatoms. The van der Waals surface area contributed by atoms with Gasteiger partial charge in [-0.05, 0) is 26.2 Å². The van der Waals surface area contributed by atoms with E-state index in [0.717, 1.165) is 29.7 Å². The van der Waals surface area contributed by atoms with Gasteiger partial charge in [0.25, 0.3) is 0 Å². The Balaban J connectivity index is 0.00000144. The Morgan fingerprint density at radius 3 is 2.59 bits per heavy atom. The van der Waals surface area contributed by atoms with Crippen molar-refractivity contribution in [3.63, 3.8) is 0 Å². The van der Waals surface area contributed by atoms with Crippen LogP contribution in [0.15, 0.2) is 24.3 Å². The number of fused-ring (bicyclic) bond motifs is 1. The zero-order valence-electron chi connectivity index (χ0n) is 10.1. The van der Waals surface area contributed by atoms with Crippen LogP contribution in [0, 0.1) is 0 Å². The molecule has 2 aromatic rings. The number of aromatic nitrogens is 2.